The van der Waals surface area contributed by atoms with Crippen LogP contribution in [-0.4, -0.2) is 0 Å². The molecule has 1 aliphatic carbocycles. The van der Waals surface area contributed by atoms with Crippen LogP contribution in [0.15, 0.2) is 217 Å². The third-order valence-corrected chi connectivity index (χ3v) is 12.3. The molecule has 2 heteroatoms. The molecule has 280 valence electrons. The summed E-state index contributed by atoms with van der Waals surface area (Å²) >= 11 is 0. The molecule has 0 spiro atoms. The molecule has 2 nitrogen and oxygen atoms in total. The maximum absolute atomic E-state index is 6.14. The van der Waals surface area contributed by atoms with Crippen molar-refractivity contribution in [1.82, 2.24) is 0 Å². The van der Waals surface area contributed by atoms with Gasteiger partial charge in [0.15, 0.2) is 0 Å². The van der Waals surface area contributed by atoms with Gasteiger partial charge in [-0.25, -0.2) is 0 Å². The molecule has 0 N–H and O–H groups in total. The molecule has 10 aromatic rings. The largest absolute Gasteiger partial charge is 0.456 e. The number of fused-ring (bicyclic) bond motifs is 6. The molecule has 59 heavy (non-hydrogen) atoms. The lowest BCUT2D eigenvalue weighted by Crippen LogP contribution is -2.16. The molecule has 1 aliphatic rings. The average molecular weight is 756 g/mol. The Bertz CT molecular complexity index is 3160. The van der Waals surface area contributed by atoms with Crippen LogP contribution in [0.2, 0.25) is 0 Å². The lowest BCUT2D eigenvalue weighted by molar-refractivity contribution is 0.660. The van der Waals surface area contributed by atoms with E-state index < -0.39 is 0 Å². The minimum atomic E-state index is -0.179. The van der Waals surface area contributed by atoms with Gasteiger partial charge in [0.1, 0.15) is 11.2 Å². The smallest absolute Gasteiger partial charge is 0.135 e. The van der Waals surface area contributed by atoms with Crippen molar-refractivity contribution in [2.24, 2.45) is 0 Å². The summed E-state index contributed by atoms with van der Waals surface area (Å²) in [5, 5.41) is 2.27. The fourth-order valence-electron chi connectivity index (χ4n) is 9.22. The van der Waals surface area contributed by atoms with Gasteiger partial charge in [0.2, 0.25) is 0 Å². The van der Waals surface area contributed by atoms with Gasteiger partial charge >= 0.3 is 0 Å². The van der Waals surface area contributed by atoms with E-state index in [1.165, 1.54) is 55.6 Å². The van der Waals surface area contributed by atoms with E-state index >= 15 is 0 Å². The molecule has 0 fully saturated rings. The Morgan fingerprint density at radius 2 is 0.780 bits per heavy atom. The summed E-state index contributed by atoms with van der Waals surface area (Å²) in [6.07, 6.45) is 0. The molecule has 9 aromatic carbocycles. The molecule has 1 heterocycles. The van der Waals surface area contributed by atoms with Crippen LogP contribution in [0.25, 0.3) is 77.6 Å². The van der Waals surface area contributed by atoms with Crippen LogP contribution in [0.5, 0.6) is 0 Å². The summed E-state index contributed by atoms with van der Waals surface area (Å²) in [7, 11) is 0. The first kappa shape index (κ1) is 34.8. The summed E-state index contributed by atoms with van der Waals surface area (Å²) in [5.41, 5.74) is 20.0. The Morgan fingerprint density at radius 3 is 1.47 bits per heavy atom. The fraction of sp³-hybridized carbons (Fsp3) is 0.0526. The second-order valence-electron chi connectivity index (χ2n) is 16.1. The van der Waals surface area contributed by atoms with Gasteiger partial charge in [-0.15, -0.1) is 0 Å². The van der Waals surface area contributed by atoms with E-state index in [2.05, 4.69) is 219 Å². The molecule has 0 amide bonds. The molecule has 0 radical (unpaired) electrons. The van der Waals surface area contributed by atoms with Crippen molar-refractivity contribution in [3.63, 3.8) is 0 Å². The first-order valence-corrected chi connectivity index (χ1v) is 20.4. The molecule has 0 aliphatic heterocycles. The monoisotopic (exact) mass is 755 g/mol. The summed E-state index contributed by atoms with van der Waals surface area (Å²) < 4.78 is 6.14. The highest BCUT2D eigenvalue weighted by molar-refractivity contribution is 6.06. The van der Waals surface area contributed by atoms with Gasteiger partial charge in [-0.3, -0.25) is 0 Å². The molecule has 1 aromatic heterocycles. The topological polar surface area (TPSA) is 16.4 Å². The average Bonchev–Trinajstić information content (AvgIpc) is 3.78. The number of hydrogen-bond donors (Lipinski definition) is 0. The van der Waals surface area contributed by atoms with Crippen molar-refractivity contribution in [3.8, 4) is 55.6 Å². The summed E-state index contributed by atoms with van der Waals surface area (Å²) in [6, 6.07) is 76.9. The SMILES string of the molecule is CC1(C)c2cc(-c3ccccc3)ccc2-c2ccc(N(c3ccc(-c4ccc5oc6ccccc6c5c4)cc3)c3ccc(-c4ccccc4-c4ccccc4)cc3)cc21. The minimum absolute atomic E-state index is 0.179. The highest BCUT2D eigenvalue weighted by Gasteiger charge is 2.36. The van der Waals surface area contributed by atoms with Crippen molar-refractivity contribution in [1.29, 1.82) is 0 Å². The van der Waals surface area contributed by atoms with Crippen molar-refractivity contribution in [2.45, 2.75) is 19.3 Å². The molecule has 0 saturated carbocycles. The van der Waals surface area contributed by atoms with E-state index in [1.54, 1.807) is 0 Å². The molecule has 0 saturated heterocycles. The van der Waals surface area contributed by atoms with Crippen LogP contribution in [-0.2, 0) is 5.41 Å². The van der Waals surface area contributed by atoms with E-state index in [0.717, 1.165) is 50.1 Å². The van der Waals surface area contributed by atoms with Gasteiger partial charge in [-0.1, -0.05) is 166 Å². The standard InChI is InChI=1S/C57H41NO/c1-57(2)53-36-43(38-13-5-3-6-14-38)25-32-49(53)50-33-31-46(37-54(50)57)58(45-29-23-41(24-30-45)48-18-10-9-17-47(48)40-15-7-4-8-16-40)44-27-21-39(22-28-44)42-26-34-56-52(35-42)51-19-11-12-20-55(51)59-56/h3-37H,1-2H3. The second-order valence-corrected chi connectivity index (χ2v) is 16.1. The number of anilines is 3. The van der Waals surface area contributed by atoms with E-state index in [-0.39, 0.29) is 5.41 Å². The van der Waals surface area contributed by atoms with Crippen molar-refractivity contribution in [3.05, 3.63) is 223 Å². The normalized spacial score (nSPS) is 12.7. The predicted octanol–water partition coefficient (Wildman–Crippen LogP) is 16.0. The van der Waals surface area contributed by atoms with Gasteiger partial charge in [-0.05, 0) is 127 Å². The van der Waals surface area contributed by atoms with Crippen molar-refractivity contribution >= 4 is 39.0 Å². The maximum Gasteiger partial charge on any atom is 0.135 e. The zero-order valence-corrected chi connectivity index (χ0v) is 33.1. The third kappa shape index (κ3) is 5.96. The number of nitrogens with zero attached hydrogens (tertiary/aromatic N) is 1. The Balaban J connectivity index is 1.00. The second kappa shape index (κ2) is 13.9. The highest BCUT2D eigenvalue weighted by Crippen LogP contribution is 2.52. The van der Waals surface area contributed by atoms with Gasteiger partial charge in [0.25, 0.3) is 0 Å². The third-order valence-electron chi connectivity index (χ3n) is 12.3. The Labute approximate surface area is 345 Å². The zero-order valence-electron chi connectivity index (χ0n) is 33.1. The molecule has 11 rings (SSSR count). The number of para-hydroxylation sites is 1. The zero-order chi connectivity index (χ0) is 39.5. The van der Waals surface area contributed by atoms with Gasteiger partial charge < -0.3 is 9.32 Å². The lowest BCUT2D eigenvalue weighted by atomic mass is 9.81. The van der Waals surface area contributed by atoms with Crippen LogP contribution in [0.3, 0.4) is 0 Å². The summed E-state index contributed by atoms with van der Waals surface area (Å²) in [6.45, 7) is 4.74. The number of hydrogen-bond acceptors (Lipinski definition) is 2. The van der Waals surface area contributed by atoms with Gasteiger partial charge in [0.05, 0.1) is 0 Å². The Morgan fingerprint density at radius 1 is 0.322 bits per heavy atom. The maximum atomic E-state index is 6.14. The van der Waals surface area contributed by atoms with Crippen LogP contribution >= 0.6 is 0 Å². The van der Waals surface area contributed by atoms with Crippen LogP contribution in [0.4, 0.5) is 17.1 Å². The van der Waals surface area contributed by atoms with Crippen LogP contribution in [0, 0.1) is 0 Å². The molecule has 0 atom stereocenters. The molecular formula is C57H41NO. The first-order chi connectivity index (χ1) is 29.0. The van der Waals surface area contributed by atoms with E-state index in [9.17, 15) is 0 Å². The van der Waals surface area contributed by atoms with Crippen LogP contribution < -0.4 is 4.90 Å². The highest BCUT2D eigenvalue weighted by atomic mass is 16.3. The number of benzene rings is 9. The van der Waals surface area contributed by atoms with E-state index in [0.29, 0.717) is 0 Å². The quantitative estimate of drug-likeness (QED) is 0.161. The molecular weight excluding hydrogens is 715 g/mol. The predicted molar refractivity (Wildman–Crippen MR) is 248 cm³/mol. The molecule has 0 unspecified atom stereocenters. The van der Waals surface area contributed by atoms with E-state index in [4.69, 9.17) is 4.42 Å². The van der Waals surface area contributed by atoms with E-state index in [1.807, 2.05) is 12.1 Å². The fourth-order valence-corrected chi connectivity index (χ4v) is 9.22. The summed E-state index contributed by atoms with van der Waals surface area (Å²) in [5.74, 6) is 0. The number of furan rings is 1. The van der Waals surface area contributed by atoms with Crippen LogP contribution in [0.1, 0.15) is 25.0 Å². The first-order valence-electron chi connectivity index (χ1n) is 20.4. The van der Waals surface area contributed by atoms with Crippen molar-refractivity contribution < 1.29 is 4.42 Å². The Kier molecular flexibility index (Phi) is 8.20. The number of rotatable bonds is 7. The minimum Gasteiger partial charge on any atom is -0.456 e. The lowest BCUT2D eigenvalue weighted by Gasteiger charge is -2.28. The summed E-state index contributed by atoms with van der Waals surface area (Å²) in [4.78, 5) is 2.40. The van der Waals surface area contributed by atoms with Gasteiger partial charge in [-0.2, -0.15) is 0 Å². The molecule has 0 bridgehead atoms. The van der Waals surface area contributed by atoms with Gasteiger partial charge in [0, 0.05) is 33.2 Å². The van der Waals surface area contributed by atoms with Crippen molar-refractivity contribution in [2.75, 3.05) is 4.90 Å². The Hall–Kier alpha value is -7.42.